The molecular formula is C16H19FN2O6. The van der Waals surface area contributed by atoms with Crippen molar-refractivity contribution in [1.29, 1.82) is 0 Å². The number of amides is 2. The number of aliphatic carboxylic acids is 2. The molecule has 25 heavy (non-hydrogen) atoms. The van der Waals surface area contributed by atoms with Crippen LogP contribution < -0.4 is 10.6 Å². The largest absolute Gasteiger partial charge is 0.481 e. The highest BCUT2D eigenvalue weighted by atomic mass is 19.1. The lowest BCUT2D eigenvalue weighted by Crippen LogP contribution is -2.52. The number of carbonyl (C=O) groups excluding carboxylic acids is 2. The summed E-state index contributed by atoms with van der Waals surface area (Å²) < 4.78 is 13.3. The third-order valence-electron chi connectivity index (χ3n) is 3.28. The molecular weight excluding hydrogens is 335 g/mol. The van der Waals surface area contributed by atoms with Gasteiger partial charge in [0.1, 0.15) is 17.9 Å². The SMILES string of the molecule is CC(=O)N[C@H](Cc1cccc(F)c1)C(=O)N[C@H](CCC(=O)O)C(=O)O. The first-order valence-corrected chi connectivity index (χ1v) is 7.45. The van der Waals surface area contributed by atoms with E-state index in [4.69, 9.17) is 10.2 Å². The number of carbonyl (C=O) groups is 4. The first kappa shape index (κ1) is 20.1. The van der Waals surface area contributed by atoms with Gasteiger partial charge in [0.2, 0.25) is 11.8 Å². The average Bonchev–Trinajstić information content (AvgIpc) is 2.49. The predicted octanol–water partition coefficient (Wildman–Crippen LogP) is 0.307. The lowest BCUT2D eigenvalue weighted by molar-refractivity contribution is -0.143. The molecule has 0 fully saturated rings. The molecule has 0 aliphatic carbocycles. The Labute approximate surface area is 143 Å². The van der Waals surface area contributed by atoms with Crippen molar-refractivity contribution >= 4 is 23.8 Å². The van der Waals surface area contributed by atoms with Gasteiger partial charge in [-0.15, -0.1) is 0 Å². The Morgan fingerprint density at radius 3 is 2.32 bits per heavy atom. The second kappa shape index (κ2) is 9.36. The van der Waals surface area contributed by atoms with Crippen LogP contribution in [0.1, 0.15) is 25.3 Å². The van der Waals surface area contributed by atoms with Gasteiger partial charge in [-0.2, -0.15) is 0 Å². The van der Waals surface area contributed by atoms with E-state index < -0.39 is 48.1 Å². The van der Waals surface area contributed by atoms with E-state index in [9.17, 15) is 23.6 Å². The quantitative estimate of drug-likeness (QED) is 0.504. The standard InChI is InChI=1S/C16H19FN2O6/c1-9(20)18-13(8-10-3-2-4-11(17)7-10)15(23)19-12(16(24)25)5-6-14(21)22/h2-4,7,12-13H,5-6,8H2,1H3,(H,18,20)(H,19,23)(H,21,22)(H,24,25)/t12-,13-/m1/s1. The van der Waals surface area contributed by atoms with Crippen LogP contribution in [-0.2, 0) is 25.6 Å². The third-order valence-corrected chi connectivity index (χ3v) is 3.28. The minimum atomic E-state index is -1.41. The Morgan fingerprint density at radius 1 is 1.12 bits per heavy atom. The molecule has 1 aromatic carbocycles. The molecule has 8 nitrogen and oxygen atoms in total. The Bertz CT molecular complexity index is 664. The van der Waals surface area contributed by atoms with E-state index in [1.165, 1.54) is 25.1 Å². The smallest absolute Gasteiger partial charge is 0.326 e. The van der Waals surface area contributed by atoms with Crippen LogP contribution in [0.5, 0.6) is 0 Å². The molecule has 0 bridgehead atoms. The maximum atomic E-state index is 13.3. The molecule has 1 rings (SSSR count). The number of halogens is 1. The summed E-state index contributed by atoms with van der Waals surface area (Å²) >= 11 is 0. The molecule has 2 atom stereocenters. The molecule has 0 aliphatic heterocycles. The van der Waals surface area contributed by atoms with Crippen LogP contribution in [0.25, 0.3) is 0 Å². The summed E-state index contributed by atoms with van der Waals surface area (Å²) in [6, 6.07) is 2.90. The molecule has 0 aromatic heterocycles. The van der Waals surface area contributed by atoms with Crippen molar-refractivity contribution in [2.24, 2.45) is 0 Å². The number of carboxylic acid groups (broad SMARTS) is 2. The van der Waals surface area contributed by atoms with Crippen LogP contribution in [0.3, 0.4) is 0 Å². The fraction of sp³-hybridized carbons (Fsp3) is 0.375. The summed E-state index contributed by atoms with van der Waals surface area (Å²) in [5.41, 5.74) is 0.436. The maximum absolute atomic E-state index is 13.3. The Morgan fingerprint density at radius 2 is 1.80 bits per heavy atom. The Kier molecular flexibility index (Phi) is 7.51. The van der Waals surface area contributed by atoms with Gasteiger partial charge in [0.25, 0.3) is 0 Å². The zero-order chi connectivity index (χ0) is 19.0. The van der Waals surface area contributed by atoms with E-state index in [1.807, 2.05) is 0 Å². The maximum Gasteiger partial charge on any atom is 0.326 e. The van der Waals surface area contributed by atoms with E-state index in [1.54, 1.807) is 6.07 Å². The summed E-state index contributed by atoms with van der Waals surface area (Å²) in [5, 5.41) is 22.3. The third kappa shape index (κ3) is 7.42. The van der Waals surface area contributed by atoms with E-state index >= 15 is 0 Å². The van der Waals surface area contributed by atoms with Gasteiger partial charge >= 0.3 is 11.9 Å². The molecule has 0 unspecified atom stereocenters. The number of hydrogen-bond acceptors (Lipinski definition) is 4. The minimum absolute atomic E-state index is 0.0472. The Hall–Kier alpha value is -2.97. The highest BCUT2D eigenvalue weighted by Crippen LogP contribution is 2.08. The van der Waals surface area contributed by atoms with Crippen LogP contribution in [0.4, 0.5) is 4.39 Å². The first-order chi connectivity index (χ1) is 11.7. The van der Waals surface area contributed by atoms with Crippen molar-refractivity contribution in [1.82, 2.24) is 10.6 Å². The van der Waals surface area contributed by atoms with Gasteiger partial charge in [-0.3, -0.25) is 14.4 Å². The predicted molar refractivity (Wildman–Crippen MR) is 84.1 cm³/mol. The zero-order valence-corrected chi connectivity index (χ0v) is 13.5. The van der Waals surface area contributed by atoms with Crippen molar-refractivity contribution in [3.63, 3.8) is 0 Å². The lowest BCUT2D eigenvalue weighted by atomic mass is 10.0. The lowest BCUT2D eigenvalue weighted by Gasteiger charge is -2.21. The normalized spacial score (nSPS) is 12.7. The van der Waals surface area contributed by atoms with Crippen LogP contribution in [0, 0.1) is 5.82 Å². The summed E-state index contributed by atoms with van der Waals surface area (Å²) in [6.07, 6.45) is -0.788. The van der Waals surface area contributed by atoms with E-state index in [2.05, 4.69) is 10.6 Å². The van der Waals surface area contributed by atoms with Crippen molar-refractivity contribution < 1.29 is 33.8 Å². The number of benzene rings is 1. The highest BCUT2D eigenvalue weighted by molar-refractivity contribution is 5.90. The van der Waals surface area contributed by atoms with Crippen molar-refractivity contribution in [2.75, 3.05) is 0 Å². The number of carboxylic acids is 2. The van der Waals surface area contributed by atoms with Crippen LogP contribution >= 0.6 is 0 Å². The summed E-state index contributed by atoms with van der Waals surface area (Å²) in [4.78, 5) is 45.3. The molecule has 2 amide bonds. The fourth-order valence-electron chi connectivity index (χ4n) is 2.15. The second-order valence-corrected chi connectivity index (χ2v) is 5.42. The Balaban J connectivity index is 2.85. The fourth-order valence-corrected chi connectivity index (χ4v) is 2.15. The van der Waals surface area contributed by atoms with E-state index in [0.29, 0.717) is 5.56 Å². The second-order valence-electron chi connectivity index (χ2n) is 5.42. The molecule has 0 saturated heterocycles. The monoisotopic (exact) mass is 354 g/mol. The van der Waals surface area contributed by atoms with Crippen LogP contribution in [0.15, 0.2) is 24.3 Å². The van der Waals surface area contributed by atoms with Gasteiger partial charge in [0.15, 0.2) is 0 Å². The van der Waals surface area contributed by atoms with Gasteiger partial charge in [-0.1, -0.05) is 12.1 Å². The van der Waals surface area contributed by atoms with Gasteiger partial charge < -0.3 is 20.8 Å². The zero-order valence-electron chi connectivity index (χ0n) is 13.5. The van der Waals surface area contributed by atoms with Gasteiger partial charge in [0, 0.05) is 19.8 Å². The number of rotatable bonds is 9. The molecule has 0 aliphatic rings. The molecule has 9 heteroatoms. The molecule has 1 aromatic rings. The van der Waals surface area contributed by atoms with Crippen LogP contribution in [-0.4, -0.2) is 46.0 Å². The van der Waals surface area contributed by atoms with Gasteiger partial charge in [0.05, 0.1) is 0 Å². The molecule has 136 valence electrons. The van der Waals surface area contributed by atoms with E-state index in [0.717, 1.165) is 0 Å². The van der Waals surface area contributed by atoms with E-state index in [-0.39, 0.29) is 12.8 Å². The highest BCUT2D eigenvalue weighted by Gasteiger charge is 2.26. The summed E-state index contributed by atoms with van der Waals surface area (Å²) in [6.45, 7) is 1.19. The van der Waals surface area contributed by atoms with Crippen LogP contribution in [0.2, 0.25) is 0 Å². The van der Waals surface area contributed by atoms with Crippen molar-refractivity contribution in [2.45, 2.75) is 38.3 Å². The van der Waals surface area contributed by atoms with Crippen molar-refractivity contribution in [3.8, 4) is 0 Å². The number of nitrogens with one attached hydrogen (secondary N) is 2. The molecule has 4 N–H and O–H groups in total. The molecule has 0 spiro atoms. The topological polar surface area (TPSA) is 133 Å². The van der Waals surface area contributed by atoms with Gasteiger partial charge in [-0.05, 0) is 24.1 Å². The minimum Gasteiger partial charge on any atom is -0.481 e. The first-order valence-electron chi connectivity index (χ1n) is 7.45. The summed E-state index contributed by atoms with van der Waals surface area (Å²) in [5.74, 6) is -4.41. The molecule has 0 saturated carbocycles. The number of hydrogen-bond donors (Lipinski definition) is 4. The summed E-state index contributed by atoms with van der Waals surface area (Å²) in [7, 11) is 0. The molecule has 0 radical (unpaired) electrons. The van der Waals surface area contributed by atoms with Crippen molar-refractivity contribution in [3.05, 3.63) is 35.6 Å². The average molecular weight is 354 g/mol. The van der Waals surface area contributed by atoms with Gasteiger partial charge in [-0.25, -0.2) is 9.18 Å². The molecule has 0 heterocycles.